The number of nitrogens with one attached hydrogen (secondary N) is 1. The van der Waals surface area contributed by atoms with E-state index in [9.17, 15) is 13.2 Å². The van der Waals surface area contributed by atoms with E-state index in [4.69, 9.17) is 16.1 Å². The number of anilines is 1. The van der Waals surface area contributed by atoms with E-state index in [2.05, 4.69) is 15.5 Å². The second kappa shape index (κ2) is 8.85. The lowest BCUT2D eigenvalue weighted by Gasteiger charge is -2.23. The highest BCUT2D eigenvalue weighted by molar-refractivity contribution is 7.92. The van der Waals surface area contributed by atoms with Crippen molar-refractivity contribution in [1.29, 1.82) is 0 Å². The number of hydrogen-bond donors (Lipinski definition) is 1. The maximum atomic E-state index is 12.4. The van der Waals surface area contributed by atoms with Crippen molar-refractivity contribution >= 4 is 33.2 Å². The molecule has 0 spiro atoms. The summed E-state index contributed by atoms with van der Waals surface area (Å²) in [7, 11) is -3.71. The first-order valence-corrected chi connectivity index (χ1v) is 11.3. The van der Waals surface area contributed by atoms with Gasteiger partial charge < -0.3 is 9.84 Å². The number of benzene rings is 2. The first-order valence-electron chi connectivity index (χ1n) is 9.03. The quantitative estimate of drug-likeness (QED) is 0.595. The summed E-state index contributed by atoms with van der Waals surface area (Å²) >= 11 is 6.00. The zero-order valence-corrected chi connectivity index (χ0v) is 18.3. The Hall–Kier alpha value is -2.91. The molecule has 3 aromatic rings. The number of sulfonamides is 1. The second-order valence-corrected chi connectivity index (χ2v) is 9.20. The highest BCUT2D eigenvalue weighted by Crippen LogP contribution is 2.26. The van der Waals surface area contributed by atoms with Gasteiger partial charge in [0.25, 0.3) is 0 Å². The van der Waals surface area contributed by atoms with Crippen molar-refractivity contribution in [2.75, 3.05) is 17.1 Å². The van der Waals surface area contributed by atoms with Crippen molar-refractivity contribution in [2.24, 2.45) is 0 Å². The number of aromatic nitrogens is 2. The van der Waals surface area contributed by atoms with Crippen molar-refractivity contribution in [2.45, 2.75) is 20.4 Å². The first kappa shape index (κ1) is 21.8. The Bertz CT molecular complexity index is 1160. The summed E-state index contributed by atoms with van der Waals surface area (Å²) in [4.78, 5) is 16.7. The minimum Gasteiger partial charge on any atom is -0.345 e. The van der Waals surface area contributed by atoms with E-state index in [0.717, 1.165) is 21.7 Å². The molecule has 0 unspecified atom stereocenters. The van der Waals surface area contributed by atoms with Crippen molar-refractivity contribution in [1.82, 2.24) is 15.5 Å². The highest BCUT2D eigenvalue weighted by atomic mass is 35.5. The Labute approximate surface area is 179 Å². The number of carbonyl (C=O) groups is 1. The number of nitrogens with zero attached hydrogens (tertiary/aromatic N) is 3. The van der Waals surface area contributed by atoms with Crippen molar-refractivity contribution in [3.63, 3.8) is 0 Å². The standard InChI is InChI=1S/C20H21ClN4O4S/c1-13-4-7-15(8-5-13)20-23-19(29-24-20)11-22-18(26)12-25(30(3,27)28)17-10-16(21)9-6-14(17)2/h4-10H,11-12H2,1-3H3,(H,22,26). The number of rotatable bonds is 7. The second-order valence-electron chi connectivity index (χ2n) is 6.85. The molecule has 0 radical (unpaired) electrons. The average Bonchev–Trinajstić information content (AvgIpc) is 3.15. The lowest BCUT2D eigenvalue weighted by Crippen LogP contribution is -2.40. The highest BCUT2D eigenvalue weighted by Gasteiger charge is 2.23. The Balaban J connectivity index is 1.68. The summed E-state index contributed by atoms with van der Waals surface area (Å²) in [6.45, 7) is 3.29. The lowest BCUT2D eigenvalue weighted by molar-refractivity contribution is -0.119. The van der Waals surface area contributed by atoms with Crippen LogP contribution in [0.5, 0.6) is 0 Å². The molecule has 0 aliphatic carbocycles. The molecule has 0 fully saturated rings. The van der Waals surface area contributed by atoms with Gasteiger partial charge in [0.15, 0.2) is 0 Å². The van der Waals surface area contributed by atoms with E-state index < -0.39 is 22.5 Å². The zero-order chi connectivity index (χ0) is 21.9. The molecule has 1 heterocycles. The minimum absolute atomic E-state index is 0.0240. The molecule has 0 saturated heterocycles. The third kappa shape index (κ3) is 5.37. The van der Waals surface area contributed by atoms with Gasteiger partial charge in [0, 0.05) is 10.6 Å². The van der Waals surface area contributed by atoms with Gasteiger partial charge in [0.1, 0.15) is 6.54 Å². The van der Waals surface area contributed by atoms with Crippen LogP contribution in [0, 0.1) is 13.8 Å². The Morgan fingerprint density at radius 2 is 1.87 bits per heavy atom. The van der Waals surface area contributed by atoms with E-state index in [-0.39, 0.29) is 12.4 Å². The molecule has 10 heteroatoms. The molecule has 1 aromatic heterocycles. The van der Waals surface area contributed by atoms with Crippen LogP contribution in [-0.4, -0.2) is 37.3 Å². The predicted octanol–water partition coefficient (Wildman–Crippen LogP) is 3.09. The fraction of sp³-hybridized carbons (Fsp3) is 0.250. The monoisotopic (exact) mass is 448 g/mol. The molecular weight excluding hydrogens is 428 g/mol. The summed E-state index contributed by atoms with van der Waals surface area (Å²) < 4.78 is 30.7. The molecule has 0 bridgehead atoms. The zero-order valence-electron chi connectivity index (χ0n) is 16.7. The maximum Gasteiger partial charge on any atom is 0.246 e. The summed E-state index contributed by atoms with van der Waals surface area (Å²) in [6, 6.07) is 12.5. The fourth-order valence-corrected chi connectivity index (χ4v) is 3.81. The summed E-state index contributed by atoms with van der Waals surface area (Å²) in [5.74, 6) is 0.102. The van der Waals surface area contributed by atoms with Gasteiger partial charge in [-0.25, -0.2) is 8.42 Å². The van der Waals surface area contributed by atoms with Gasteiger partial charge in [-0.15, -0.1) is 0 Å². The number of halogens is 1. The van der Waals surface area contributed by atoms with E-state index in [1.165, 1.54) is 6.07 Å². The van der Waals surface area contributed by atoms with Crippen molar-refractivity contribution in [3.05, 3.63) is 64.5 Å². The van der Waals surface area contributed by atoms with Crippen LogP contribution in [-0.2, 0) is 21.4 Å². The van der Waals surface area contributed by atoms with Gasteiger partial charge in [0.05, 0.1) is 18.5 Å². The van der Waals surface area contributed by atoms with Crippen LogP contribution in [0.4, 0.5) is 5.69 Å². The van der Waals surface area contributed by atoms with Crippen LogP contribution < -0.4 is 9.62 Å². The normalized spacial score (nSPS) is 11.3. The largest absolute Gasteiger partial charge is 0.345 e. The lowest BCUT2D eigenvalue weighted by atomic mass is 10.1. The molecule has 0 saturated carbocycles. The minimum atomic E-state index is -3.71. The fourth-order valence-electron chi connectivity index (χ4n) is 2.74. The van der Waals surface area contributed by atoms with Gasteiger partial charge in [-0.2, -0.15) is 4.98 Å². The molecule has 30 heavy (non-hydrogen) atoms. The number of carbonyl (C=O) groups excluding carboxylic acids is 1. The van der Waals surface area contributed by atoms with Gasteiger partial charge >= 0.3 is 0 Å². The predicted molar refractivity (Wildman–Crippen MR) is 115 cm³/mol. The van der Waals surface area contributed by atoms with Crippen LogP contribution in [0.25, 0.3) is 11.4 Å². The van der Waals surface area contributed by atoms with Crippen LogP contribution in [0.15, 0.2) is 47.0 Å². The van der Waals surface area contributed by atoms with E-state index in [1.54, 1.807) is 19.1 Å². The SMILES string of the molecule is Cc1ccc(-c2noc(CNC(=O)CN(c3cc(Cl)ccc3C)S(C)(=O)=O)n2)cc1. The van der Waals surface area contributed by atoms with E-state index in [0.29, 0.717) is 22.1 Å². The third-order valence-corrected chi connectivity index (χ3v) is 5.70. The summed E-state index contributed by atoms with van der Waals surface area (Å²) in [6.07, 6.45) is 1.03. The van der Waals surface area contributed by atoms with Gasteiger partial charge in [-0.1, -0.05) is 52.7 Å². The maximum absolute atomic E-state index is 12.4. The number of hydrogen-bond acceptors (Lipinski definition) is 6. The molecule has 1 N–H and O–H groups in total. The molecule has 3 rings (SSSR count). The first-order chi connectivity index (χ1) is 14.1. The van der Waals surface area contributed by atoms with Crippen LogP contribution in [0.3, 0.4) is 0 Å². The Morgan fingerprint density at radius 3 is 2.53 bits per heavy atom. The molecule has 158 valence electrons. The molecule has 1 amide bonds. The molecule has 0 aliphatic heterocycles. The van der Waals surface area contributed by atoms with Crippen LogP contribution >= 0.6 is 11.6 Å². The van der Waals surface area contributed by atoms with Crippen molar-refractivity contribution in [3.8, 4) is 11.4 Å². The number of aryl methyl sites for hydroxylation is 2. The average molecular weight is 449 g/mol. The summed E-state index contributed by atoms with van der Waals surface area (Å²) in [5.41, 5.74) is 2.93. The van der Waals surface area contributed by atoms with Gasteiger partial charge in [-0.3, -0.25) is 9.10 Å². The molecule has 2 aromatic carbocycles. The van der Waals surface area contributed by atoms with Crippen LogP contribution in [0.2, 0.25) is 5.02 Å². The molecular formula is C20H21ClN4O4S. The van der Waals surface area contributed by atoms with Crippen molar-refractivity contribution < 1.29 is 17.7 Å². The Kier molecular flexibility index (Phi) is 6.42. The molecule has 0 aliphatic rings. The summed E-state index contributed by atoms with van der Waals surface area (Å²) in [5, 5.41) is 6.88. The number of amides is 1. The van der Waals surface area contributed by atoms with Gasteiger partial charge in [0.2, 0.25) is 27.6 Å². The smallest absolute Gasteiger partial charge is 0.246 e. The molecule has 0 atom stereocenters. The van der Waals surface area contributed by atoms with E-state index >= 15 is 0 Å². The Morgan fingerprint density at radius 1 is 1.17 bits per heavy atom. The molecule has 8 nitrogen and oxygen atoms in total. The van der Waals surface area contributed by atoms with Crippen LogP contribution in [0.1, 0.15) is 17.0 Å². The van der Waals surface area contributed by atoms with Gasteiger partial charge in [-0.05, 0) is 31.5 Å². The third-order valence-electron chi connectivity index (χ3n) is 4.34. The topological polar surface area (TPSA) is 105 Å². The van der Waals surface area contributed by atoms with E-state index in [1.807, 2.05) is 31.2 Å².